The standard InChI is InChI=1S/C20H26N2O8S/c1-20(2)15(16(27)21-10(19(29)30)8-9-6-4-3-5-7-9)22-17(28)13(25)11(23)12(24)14(26)18(22)31-20/h3-7,10-15,18,23-26H,8H2,1-2H3,(H,21,27)(H,29,30)/t10-,11-,12-,13-,14+,15+,18+/m0/s1. The maximum absolute atomic E-state index is 13.2. The molecule has 170 valence electrons. The minimum absolute atomic E-state index is 0.0161. The van der Waals surface area contributed by atoms with Gasteiger partial charge in [-0.1, -0.05) is 30.3 Å². The molecule has 0 aliphatic carbocycles. The number of carboxylic acid groups (broad SMARTS) is 1. The number of rotatable bonds is 5. The van der Waals surface area contributed by atoms with E-state index in [4.69, 9.17) is 0 Å². The van der Waals surface area contributed by atoms with Crippen molar-refractivity contribution in [3.63, 3.8) is 0 Å². The van der Waals surface area contributed by atoms with E-state index < -0.39 is 64.4 Å². The van der Waals surface area contributed by atoms with Gasteiger partial charge in [-0.05, 0) is 19.4 Å². The summed E-state index contributed by atoms with van der Waals surface area (Å²) in [6, 6.07) is 6.18. The van der Waals surface area contributed by atoms with Crippen molar-refractivity contribution in [3.05, 3.63) is 35.9 Å². The molecule has 0 spiro atoms. The lowest BCUT2D eigenvalue weighted by Crippen LogP contribution is -2.59. The molecule has 2 saturated heterocycles. The zero-order valence-corrected chi connectivity index (χ0v) is 17.8. The van der Waals surface area contributed by atoms with Crippen molar-refractivity contribution < 1.29 is 39.9 Å². The van der Waals surface area contributed by atoms with Gasteiger partial charge in [0.05, 0.1) is 0 Å². The number of carbonyl (C=O) groups is 3. The topological polar surface area (TPSA) is 168 Å². The molecule has 0 aromatic heterocycles. The Labute approximate surface area is 182 Å². The van der Waals surface area contributed by atoms with Crippen LogP contribution >= 0.6 is 11.8 Å². The van der Waals surface area contributed by atoms with Crippen LogP contribution in [0.3, 0.4) is 0 Å². The number of nitrogens with one attached hydrogen (secondary N) is 1. The quantitative estimate of drug-likeness (QED) is 0.304. The summed E-state index contributed by atoms with van der Waals surface area (Å²) in [5, 5.41) is 51.6. The van der Waals surface area contributed by atoms with E-state index in [1.807, 2.05) is 0 Å². The Morgan fingerprint density at radius 2 is 1.71 bits per heavy atom. The van der Waals surface area contributed by atoms with Crippen LogP contribution in [0.4, 0.5) is 0 Å². The van der Waals surface area contributed by atoms with Gasteiger partial charge in [0.2, 0.25) is 5.91 Å². The molecule has 1 aromatic rings. The second-order valence-electron chi connectivity index (χ2n) is 8.27. The first-order valence-corrected chi connectivity index (χ1v) is 10.6. The Bertz CT molecular complexity index is 851. The van der Waals surface area contributed by atoms with Crippen molar-refractivity contribution >= 4 is 29.5 Å². The molecular formula is C20H26N2O8S. The Morgan fingerprint density at radius 1 is 1.10 bits per heavy atom. The van der Waals surface area contributed by atoms with Crippen molar-refractivity contribution in [2.24, 2.45) is 0 Å². The van der Waals surface area contributed by atoms with E-state index >= 15 is 0 Å². The fraction of sp³-hybridized carbons (Fsp3) is 0.550. The molecule has 0 saturated carbocycles. The number of amides is 2. The highest BCUT2D eigenvalue weighted by atomic mass is 32.2. The lowest BCUT2D eigenvalue weighted by molar-refractivity contribution is -0.153. The number of aliphatic carboxylic acids is 1. The summed E-state index contributed by atoms with van der Waals surface area (Å²) >= 11 is 1.03. The fourth-order valence-corrected chi connectivity index (χ4v) is 5.61. The van der Waals surface area contributed by atoms with Crippen LogP contribution in [-0.4, -0.2) is 94.8 Å². The number of thioether (sulfide) groups is 1. The summed E-state index contributed by atoms with van der Waals surface area (Å²) in [5.41, 5.74) is 0.691. The summed E-state index contributed by atoms with van der Waals surface area (Å²) in [5.74, 6) is -3.06. The third-order valence-corrected chi connectivity index (χ3v) is 7.18. The predicted molar refractivity (Wildman–Crippen MR) is 110 cm³/mol. The van der Waals surface area contributed by atoms with Gasteiger partial charge >= 0.3 is 5.97 Å². The molecule has 2 aliphatic rings. The van der Waals surface area contributed by atoms with Crippen molar-refractivity contribution in [1.82, 2.24) is 10.2 Å². The minimum atomic E-state index is -2.04. The van der Waals surface area contributed by atoms with Crippen LogP contribution in [0, 0.1) is 0 Å². The molecule has 10 nitrogen and oxygen atoms in total. The van der Waals surface area contributed by atoms with Crippen LogP contribution in [0.5, 0.6) is 0 Å². The highest BCUT2D eigenvalue weighted by Crippen LogP contribution is 2.47. The molecule has 2 aliphatic heterocycles. The molecule has 2 amide bonds. The highest BCUT2D eigenvalue weighted by Gasteiger charge is 2.60. The minimum Gasteiger partial charge on any atom is -0.480 e. The maximum atomic E-state index is 13.2. The summed E-state index contributed by atoms with van der Waals surface area (Å²) in [6.07, 6.45) is -7.38. The van der Waals surface area contributed by atoms with E-state index in [-0.39, 0.29) is 6.42 Å². The predicted octanol–water partition coefficient (Wildman–Crippen LogP) is -1.70. The van der Waals surface area contributed by atoms with Crippen LogP contribution in [-0.2, 0) is 20.8 Å². The SMILES string of the molecule is CC1(C)S[C@@H]2[C@H](O)[C@@H](O)[C@H](O)[C@H](O)C(=O)N2[C@@H]1C(=O)N[C@@H](Cc1ccccc1)C(=O)O. The number of hydrogen-bond donors (Lipinski definition) is 6. The van der Waals surface area contributed by atoms with Gasteiger partial charge in [0.25, 0.3) is 5.91 Å². The Kier molecular flexibility index (Phi) is 6.63. The molecule has 3 rings (SSSR count). The van der Waals surface area contributed by atoms with E-state index in [2.05, 4.69) is 5.32 Å². The van der Waals surface area contributed by atoms with Crippen molar-refractivity contribution in [2.45, 2.75) is 66.9 Å². The number of hydrogen-bond acceptors (Lipinski definition) is 8. The zero-order valence-electron chi connectivity index (χ0n) is 17.0. The normalized spacial score (nSPS) is 33.4. The van der Waals surface area contributed by atoms with Crippen LogP contribution in [0.15, 0.2) is 30.3 Å². The number of nitrogens with zero attached hydrogens (tertiary/aromatic N) is 1. The monoisotopic (exact) mass is 454 g/mol. The second kappa shape index (κ2) is 8.75. The zero-order chi connectivity index (χ0) is 23.1. The molecule has 1 aromatic carbocycles. The number of carbonyl (C=O) groups excluding carboxylic acids is 2. The number of fused-ring (bicyclic) bond motifs is 1. The summed E-state index contributed by atoms with van der Waals surface area (Å²) in [4.78, 5) is 38.7. The van der Waals surface area contributed by atoms with Gasteiger partial charge in [0, 0.05) is 11.2 Å². The van der Waals surface area contributed by atoms with Gasteiger partial charge in [-0.2, -0.15) is 0 Å². The molecule has 31 heavy (non-hydrogen) atoms. The molecule has 11 heteroatoms. The Morgan fingerprint density at radius 3 is 2.29 bits per heavy atom. The van der Waals surface area contributed by atoms with Crippen LogP contribution in [0.2, 0.25) is 0 Å². The van der Waals surface area contributed by atoms with Gasteiger partial charge in [-0.25, -0.2) is 4.79 Å². The Hall–Kier alpha value is -2.18. The average Bonchev–Trinajstić information content (AvgIpc) is 2.99. The van der Waals surface area contributed by atoms with E-state index in [0.717, 1.165) is 16.7 Å². The number of carboxylic acids is 1. The van der Waals surface area contributed by atoms with Crippen LogP contribution < -0.4 is 5.32 Å². The number of benzene rings is 1. The average molecular weight is 455 g/mol. The molecule has 0 radical (unpaired) electrons. The molecule has 7 atom stereocenters. The van der Waals surface area contributed by atoms with Crippen molar-refractivity contribution in [2.75, 3.05) is 0 Å². The number of aliphatic hydroxyl groups excluding tert-OH is 4. The Balaban J connectivity index is 1.89. The summed E-state index contributed by atoms with van der Waals surface area (Å²) < 4.78 is -0.983. The largest absolute Gasteiger partial charge is 0.480 e. The third-order valence-electron chi connectivity index (χ3n) is 5.60. The van der Waals surface area contributed by atoms with Crippen LogP contribution in [0.1, 0.15) is 19.4 Å². The molecule has 0 unspecified atom stereocenters. The van der Waals surface area contributed by atoms with Gasteiger partial charge in [0.15, 0.2) is 6.10 Å². The molecular weight excluding hydrogens is 428 g/mol. The molecule has 6 N–H and O–H groups in total. The van der Waals surface area contributed by atoms with E-state index in [9.17, 15) is 39.9 Å². The smallest absolute Gasteiger partial charge is 0.326 e. The first-order valence-electron chi connectivity index (χ1n) is 9.75. The first-order chi connectivity index (χ1) is 14.5. The van der Waals surface area contributed by atoms with E-state index in [0.29, 0.717) is 5.56 Å². The van der Waals surface area contributed by atoms with Gasteiger partial charge < -0.3 is 35.7 Å². The first kappa shape index (κ1) is 23.5. The lowest BCUT2D eigenvalue weighted by atomic mass is 9.98. The van der Waals surface area contributed by atoms with Gasteiger partial charge in [-0.15, -0.1) is 11.8 Å². The third kappa shape index (κ3) is 4.41. The second-order valence-corrected chi connectivity index (χ2v) is 10.0. The van der Waals surface area contributed by atoms with Crippen LogP contribution in [0.25, 0.3) is 0 Å². The molecule has 0 bridgehead atoms. The van der Waals surface area contributed by atoms with Gasteiger partial charge in [-0.3, -0.25) is 9.59 Å². The van der Waals surface area contributed by atoms with Crippen molar-refractivity contribution in [1.29, 1.82) is 0 Å². The fourth-order valence-electron chi connectivity index (χ4n) is 4.00. The lowest BCUT2D eigenvalue weighted by Gasteiger charge is -2.33. The van der Waals surface area contributed by atoms with Crippen molar-refractivity contribution in [3.8, 4) is 0 Å². The molecule has 2 heterocycles. The van der Waals surface area contributed by atoms with E-state index in [1.54, 1.807) is 44.2 Å². The summed E-state index contributed by atoms with van der Waals surface area (Å²) in [6.45, 7) is 3.28. The molecule has 2 fully saturated rings. The number of aliphatic hydroxyl groups is 4. The summed E-state index contributed by atoms with van der Waals surface area (Å²) in [7, 11) is 0. The van der Waals surface area contributed by atoms with Gasteiger partial charge in [0.1, 0.15) is 35.8 Å². The highest BCUT2D eigenvalue weighted by molar-refractivity contribution is 8.01. The van der Waals surface area contributed by atoms with E-state index in [1.165, 1.54) is 0 Å². The maximum Gasteiger partial charge on any atom is 0.326 e.